The van der Waals surface area contributed by atoms with Gasteiger partial charge in [-0.1, -0.05) is 6.92 Å². The average Bonchev–Trinajstić information content (AvgIpc) is 2.40. The van der Waals surface area contributed by atoms with Crippen molar-refractivity contribution in [3.05, 3.63) is 16.4 Å². The average molecular weight is 266 g/mol. The number of aromatic nitrogens is 2. The molecule has 0 aromatic carbocycles. The Labute approximate surface area is 111 Å². The van der Waals surface area contributed by atoms with E-state index in [1.54, 1.807) is 7.05 Å². The minimum atomic E-state index is -0.507. The maximum Gasteiger partial charge on any atom is 0.372 e. The van der Waals surface area contributed by atoms with E-state index >= 15 is 0 Å². The van der Waals surface area contributed by atoms with Gasteiger partial charge in [-0.05, 0) is 31.6 Å². The minimum absolute atomic E-state index is 0.00880. The van der Waals surface area contributed by atoms with Crippen LogP contribution in [0.5, 0.6) is 5.88 Å². The third kappa shape index (κ3) is 3.10. The smallest absolute Gasteiger partial charge is 0.372 e. The van der Waals surface area contributed by atoms with Crippen molar-refractivity contribution in [1.82, 2.24) is 9.97 Å². The quantitative estimate of drug-likeness (QED) is 0.664. The van der Waals surface area contributed by atoms with Crippen molar-refractivity contribution in [3.63, 3.8) is 0 Å². The normalized spacial score (nSPS) is 22.8. The molecule has 0 bridgehead atoms. The zero-order valence-corrected chi connectivity index (χ0v) is 11.1. The third-order valence-electron chi connectivity index (χ3n) is 3.45. The van der Waals surface area contributed by atoms with Crippen LogP contribution >= 0.6 is 0 Å². The predicted octanol–water partition coefficient (Wildman–Crippen LogP) is 2.38. The van der Waals surface area contributed by atoms with Crippen LogP contribution in [0.4, 0.5) is 11.5 Å². The fourth-order valence-electron chi connectivity index (χ4n) is 2.30. The van der Waals surface area contributed by atoms with Gasteiger partial charge in [0.15, 0.2) is 0 Å². The van der Waals surface area contributed by atoms with Gasteiger partial charge < -0.3 is 10.1 Å². The summed E-state index contributed by atoms with van der Waals surface area (Å²) in [6, 6.07) is 0. The summed E-state index contributed by atoms with van der Waals surface area (Å²) in [5.41, 5.74) is -0.191. The van der Waals surface area contributed by atoms with Crippen molar-refractivity contribution in [2.75, 3.05) is 12.4 Å². The Kier molecular flexibility index (Phi) is 4.13. The molecule has 1 saturated carbocycles. The molecule has 0 atom stereocenters. The molecule has 1 aromatic rings. The lowest BCUT2D eigenvalue weighted by Crippen LogP contribution is -2.24. The van der Waals surface area contributed by atoms with Crippen LogP contribution in [0.25, 0.3) is 0 Å². The highest BCUT2D eigenvalue weighted by Gasteiger charge is 2.27. The molecule has 2 rings (SSSR count). The Morgan fingerprint density at radius 3 is 2.63 bits per heavy atom. The summed E-state index contributed by atoms with van der Waals surface area (Å²) in [5, 5.41) is 13.8. The molecule has 0 spiro atoms. The van der Waals surface area contributed by atoms with E-state index in [1.165, 1.54) is 6.33 Å². The number of nitro groups is 1. The molecule has 1 fully saturated rings. The molecule has 0 saturated heterocycles. The van der Waals surface area contributed by atoms with E-state index in [1.807, 2.05) is 0 Å². The van der Waals surface area contributed by atoms with Gasteiger partial charge >= 0.3 is 5.69 Å². The molecule has 19 heavy (non-hydrogen) atoms. The molecule has 0 unspecified atom stereocenters. The largest absolute Gasteiger partial charge is 0.469 e. The first-order valence-electron chi connectivity index (χ1n) is 6.45. The number of hydrogen-bond donors (Lipinski definition) is 1. The van der Waals surface area contributed by atoms with Gasteiger partial charge in [0.25, 0.3) is 5.88 Å². The molecule has 104 valence electrons. The molecule has 1 N–H and O–H groups in total. The molecule has 7 heteroatoms. The van der Waals surface area contributed by atoms with E-state index in [9.17, 15) is 10.1 Å². The zero-order chi connectivity index (χ0) is 13.8. The molecular weight excluding hydrogens is 248 g/mol. The zero-order valence-electron chi connectivity index (χ0n) is 11.1. The van der Waals surface area contributed by atoms with Crippen molar-refractivity contribution >= 4 is 11.5 Å². The van der Waals surface area contributed by atoms with E-state index < -0.39 is 4.92 Å². The maximum atomic E-state index is 11.1. The summed E-state index contributed by atoms with van der Waals surface area (Å²) in [4.78, 5) is 18.3. The Balaban J connectivity index is 2.17. The second-order valence-corrected chi connectivity index (χ2v) is 4.88. The summed E-state index contributed by atoms with van der Waals surface area (Å²) >= 11 is 0. The second-order valence-electron chi connectivity index (χ2n) is 4.88. The van der Waals surface area contributed by atoms with Crippen LogP contribution in [0.3, 0.4) is 0 Å². The summed E-state index contributed by atoms with van der Waals surface area (Å²) in [7, 11) is 1.58. The van der Waals surface area contributed by atoms with Gasteiger partial charge in [-0.15, -0.1) is 0 Å². The third-order valence-corrected chi connectivity index (χ3v) is 3.45. The van der Waals surface area contributed by atoms with Crippen LogP contribution in [-0.4, -0.2) is 28.0 Å². The van der Waals surface area contributed by atoms with Gasteiger partial charge in [-0.25, -0.2) is 4.98 Å². The Hall–Kier alpha value is -1.92. The fourth-order valence-corrected chi connectivity index (χ4v) is 2.30. The van der Waals surface area contributed by atoms with E-state index in [0.29, 0.717) is 5.92 Å². The van der Waals surface area contributed by atoms with Gasteiger partial charge in [0.2, 0.25) is 5.82 Å². The van der Waals surface area contributed by atoms with Crippen LogP contribution in [-0.2, 0) is 0 Å². The van der Waals surface area contributed by atoms with Crippen molar-refractivity contribution in [3.8, 4) is 5.88 Å². The number of rotatable bonds is 4. The number of hydrogen-bond acceptors (Lipinski definition) is 6. The number of nitrogens with zero attached hydrogens (tertiary/aromatic N) is 3. The van der Waals surface area contributed by atoms with Gasteiger partial charge in [0.1, 0.15) is 12.4 Å². The molecule has 0 amide bonds. The summed E-state index contributed by atoms with van der Waals surface area (Å²) in [6.07, 6.45) is 5.29. The van der Waals surface area contributed by atoms with Crippen LogP contribution in [0.1, 0.15) is 32.6 Å². The number of ether oxygens (including phenoxy) is 1. The predicted molar refractivity (Wildman–Crippen MR) is 70.3 cm³/mol. The molecule has 1 heterocycles. The van der Waals surface area contributed by atoms with Crippen LogP contribution < -0.4 is 10.1 Å². The second kappa shape index (κ2) is 5.81. The first-order valence-corrected chi connectivity index (χ1v) is 6.45. The highest BCUT2D eigenvalue weighted by Crippen LogP contribution is 2.33. The van der Waals surface area contributed by atoms with Crippen molar-refractivity contribution in [1.29, 1.82) is 0 Å². The topological polar surface area (TPSA) is 90.2 Å². The first-order chi connectivity index (χ1) is 9.11. The standard InChI is InChI=1S/C12H18N4O3/c1-8-3-5-9(6-4-8)19-12-10(16(17)18)11(13-2)14-7-15-12/h7-9H,3-6H2,1-2H3,(H,13,14,15). The molecule has 0 radical (unpaired) electrons. The van der Waals surface area contributed by atoms with E-state index in [-0.39, 0.29) is 23.5 Å². The Morgan fingerprint density at radius 2 is 2.05 bits per heavy atom. The summed E-state index contributed by atoms with van der Waals surface area (Å²) in [6.45, 7) is 2.21. The molecule has 1 aliphatic rings. The SMILES string of the molecule is CNc1ncnc(OC2CCC(C)CC2)c1[N+](=O)[O-]. The highest BCUT2D eigenvalue weighted by molar-refractivity contribution is 5.60. The fraction of sp³-hybridized carbons (Fsp3) is 0.667. The summed E-state index contributed by atoms with van der Waals surface area (Å²) in [5.74, 6) is 0.941. The first kappa shape index (κ1) is 13.5. The van der Waals surface area contributed by atoms with Gasteiger partial charge in [0, 0.05) is 7.05 Å². The molecule has 1 aliphatic carbocycles. The minimum Gasteiger partial charge on any atom is -0.469 e. The molecular formula is C12H18N4O3. The van der Waals surface area contributed by atoms with Gasteiger partial charge in [0.05, 0.1) is 4.92 Å². The van der Waals surface area contributed by atoms with Crippen LogP contribution in [0.15, 0.2) is 6.33 Å². The van der Waals surface area contributed by atoms with E-state index in [0.717, 1.165) is 25.7 Å². The molecule has 1 aromatic heterocycles. The van der Waals surface area contributed by atoms with Gasteiger partial charge in [-0.2, -0.15) is 4.98 Å². The number of anilines is 1. The van der Waals surface area contributed by atoms with Crippen LogP contribution in [0.2, 0.25) is 0 Å². The van der Waals surface area contributed by atoms with Crippen LogP contribution in [0, 0.1) is 16.0 Å². The molecule has 7 nitrogen and oxygen atoms in total. The molecule has 0 aliphatic heterocycles. The van der Waals surface area contributed by atoms with Crippen molar-refractivity contribution < 1.29 is 9.66 Å². The van der Waals surface area contributed by atoms with Crippen molar-refractivity contribution in [2.24, 2.45) is 5.92 Å². The maximum absolute atomic E-state index is 11.1. The highest BCUT2D eigenvalue weighted by atomic mass is 16.6. The Bertz CT molecular complexity index is 458. The summed E-state index contributed by atoms with van der Waals surface area (Å²) < 4.78 is 5.71. The lowest BCUT2D eigenvalue weighted by Gasteiger charge is -2.26. The van der Waals surface area contributed by atoms with E-state index in [4.69, 9.17) is 4.74 Å². The Morgan fingerprint density at radius 1 is 1.37 bits per heavy atom. The monoisotopic (exact) mass is 266 g/mol. The van der Waals surface area contributed by atoms with E-state index in [2.05, 4.69) is 22.2 Å². The van der Waals surface area contributed by atoms with Gasteiger partial charge in [-0.3, -0.25) is 10.1 Å². The number of nitrogens with one attached hydrogen (secondary N) is 1. The van der Waals surface area contributed by atoms with Crippen molar-refractivity contribution in [2.45, 2.75) is 38.7 Å². The lowest BCUT2D eigenvalue weighted by atomic mass is 9.89. The lowest BCUT2D eigenvalue weighted by molar-refractivity contribution is -0.385.